The van der Waals surface area contributed by atoms with Gasteiger partial charge in [0.2, 0.25) is 10.0 Å². The summed E-state index contributed by atoms with van der Waals surface area (Å²) in [6, 6.07) is 17.7. The van der Waals surface area contributed by atoms with Crippen molar-refractivity contribution in [1.29, 1.82) is 0 Å². The molecule has 0 saturated carbocycles. The lowest BCUT2D eigenvalue weighted by atomic mass is 9.99. The molecule has 3 atom stereocenters. The second-order valence-electron chi connectivity index (χ2n) is 8.25. The Morgan fingerprint density at radius 1 is 0.944 bits per heavy atom. The van der Waals surface area contributed by atoms with Crippen molar-refractivity contribution in [3.63, 3.8) is 0 Å². The van der Waals surface area contributed by atoms with Crippen LogP contribution in [0, 0.1) is 0 Å². The van der Waals surface area contributed by atoms with Crippen LogP contribution in [0.2, 0.25) is 0 Å². The van der Waals surface area contributed by atoms with Crippen LogP contribution in [0.25, 0.3) is 0 Å². The van der Waals surface area contributed by atoms with Crippen molar-refractivity contribution in [3.05, 3.63) is 72.8 Å². The summed E-state index contributed by atoms with van der Waals surface area (Å²) in [7, 11) is -4.18. The number of fused-ring (bicyclic) bond motifs is 2. The molecule has 1 saturated heterocycles. The zero-order chi connectivity index (χ0) is 25.5. The highest BCUT2D eigenvalue weighted by Gasteiger charge is 2.41. The zero-order valence-corrected chi connectivity index (χ0v) is 20.2. The molecule has 190 valence electrons. The molecule has 0 amide bonds. The number of alkyl halides is 3. The summed E-state index contributed by atoms with van der Waals surface area (Å²) in [5, 5.41) is 11.3. The second kappa shape index (κ2) is 9.60. The summed E-state index contributed by atoms with van der Waals surface area (Å²) < 4.78 is 75.1. The number of nitrogens with one attached hydrogen (secondary N) is 1. The van der Waals surface area contributed by atoms with Gasteiger partial charge in [-0.2, -0.15) is 0 Å². The summed E-state index contributed by atoms with van der Waals surface area (Å²) in [5.74, 6) is -0.539. The summed E-state index contributed by atoms with van der Waals surface area (Å²) in [6.07, 6.45) is -6.04. The molecule has 1 fully saturated rings. The molecule has 2 N–H and O–H groups in total. The standard InChI is InChI=1S/C24H21F3N2O5S2/c25-24(26,27)34-15-9-11-16(12-10-15)36(31,32)28-17-13-33-14-20(23(17)30)29-18-5-1-3-7-21(18)35-22-8-4-2-6-19(22)29/h1-12,17,20,23,28,30H,13-14H2/t17-,20+,23+/m0/s1. The molecular weight excluding hydrogens is 517 g/mol. The van der Waals surface area contributed by atoms with E-state index in [1.807, 2.05) is 53.4 Å². The number of para-hydroxylation sites is 2. The molecule has 7 nitrogen and oxygen atoms in total. The van der Waals surface area contributed by atoms with Gasteiger partial charge in [0.15, 0.2) is 0 Å². The Hall–Kier alpha value is -2.77. The minimum atomic E-state index is -4.89. The van der Waals surface area contributed by atoms with Crippen LogP contribution in [0.3, 0.4) is 0 Å². The average Bonchev–Trinajstić information content (AvgIpc) is 2.83. The van der Waals surface area contributed by atoms with E-state index in [2.05, 4.69) is 9.46 Å². The highest BCUT2D eigenvalue weighted by Crippen LogP contribution is 2.49. The number of hydrogen-bond donors (Lipinski definition) is 2. The third-order valence-corrected chi connectivity index (χ3v) is 8.50. The normalized spacial score (nSPS) is 22.0. The van der Waals surface area contributed by atoms with Crippen LogP contribution >= 0.6 is 11.8 Å². The highest BCUT2D eigenvalue weighted by molar-refractivity contribution is 7.99. The molecule has 0 aromatic heterocycles. The van der Waals surface area contributed by atoms with E-state index in [-0.39, 0.29) is 18.1 Å². The maximum Gasteiger partial charge on any atom is 0.573 e. The minimum Gasteiger partial charge on any atom is -0.406 e. The Kier molecular flexibility index (Phi) is 6.64. The maximum absolute atomic E-state index is 13.0. The van der Waals surface area contributed by atoms with Crippen molar-refractivity contribution in [1.82, 2.24) is 4.72 Å². The maximum atomic E-state index is 13.0. The number of halogens is 3. The number of benzene rings is 3. The Bertz CT molecular complexity index is 1310. The lowest BCUT2D eigenvalue weighted by Crippen LogP contribution is -2.60. The largest absolute Gasteiger partial charge is 0.573 e. The van der Waals surface area contributed by atoms with Gasteiger partial charge in [-0.05, 0) is 48.5 Å². The molecule has 0 spiro atoms. The van der Waals surface area contributed by atoms with Gasteiger partial charge in [-0.3, -0.25) is 0 Å². The Labute approximate surface area is 209 Å². The van der Waals surface area contributed by atoms with Gasteiger partial charge in [-0.1, -0.05) is 36.0 Å². The molecule has 5 rings (SSSR count). The third kappa shape index (κ3) is 5.04. The zero-order valence-electron chi connectivity index (χ0n) is 18.6. The van der Waals surface area contributed by atoms with Gasteiger partial charge in [0.1, 0.15) is 5.75 Å². The molecule has 12 heteroatoms. The average molecular weight is 539 g/mol. The van der Waals surface area contributed by atoms with E-state index in [4.69, 9.17) is 4.74 Å². The first kappa shape index (κ1) is 24.9. The van der Waals surface area contributed by atoms with E-state index < -0.39 is 40.3 Å². The third-order valence-electron chi connectivity index (χ3n) is 5.87. The SMILES string of the molecule is O=S(=O)(N[C@H]1COC[C@@H](N2c3ccccc3Sc3ccccc32)[C@@H]1O)c1ccc(OC(F)(F)F)cc1. The van der Waals surface area contributed by atoms with Crippen molar-refractivity contribution < 1.29 is 36.2 Å². The number of aliphatic hydroxyl groups excluding tert-OH is 1. The van der Waals surface area contributed by atoms with Crippen LogP contribution < -0.4 is 14.4 Å². The molecule has 0 radical (unpaired) electrons. The van der Waals surface area contributed by atoms with Gasteiger partial charge in [0.25, 0.3) is 0 Å². The number of ether oxygens (including phenoxy) is 2. The van der Waals surface area contributed by atoms with Crippen molar-refractivity contribution in [3.8, 4) is 5.75 Å². The fraction of sp³-hybridized carbons (Fsp3) is 0.250. The molecule has 3 aromatic rings. The molecule has 0 aliphatic carbocycles. The first-order valence-corrected chi connectivity index (χ1v) is 13.2. The Morgan fingerprint density at radius 2 is 1.53 bits per heavy atom. The van der Waals surface area contributed by atoms with Crippen LogP contribution in [0.15, 0.2) is 87.5 Å². The number of sulfonamides is 1. The fourth-order valence-electron chi connectivity index (χ4n) is 4.29. The van der Waals surface area contributed by atoms with Crippen molar-refractivity contribution in [2.45, 2.75) is 39.2 Å². The first-order chi connectivity index (χ1) is 17.1. The molecule has 3 aromatic carbocycles. The topological polar surface area (TPSA) is 88.1 Å². The van der Waals surface area contributed by atoms with E-state index in [1.54, 1.807) is 11.8 Å². The highest BCUT2D eigenvalue weighted by atomic mass is 32.2. The van der Waals surface area contributed by atoms with Crippen LogP contribution in [-0.4, -0.2) is 51.3 Å². The van der Waals surface area contributed by atoms with Crippen LogP contribution in [0.4, 0.5) is 24.5 Å². The fourth-order valence-corrected chi connectivity index (χ4v) is 6.60. The van der Waals surface area contributed by atoms with Crippen LogP contribution in [0.1, 0.15) is 0 Å². The van der Waals surface area contributed by atoms with Crippen LogP contribution in [0.5, 0.6) is 5.75 Å². The summed E-state index contributed by atoms with van der Waals surface area (Å²) in [6.45, 7) is 0.0915. The van der Waals surface area contributed by atoms with E-state index in [0.717, 1.165) is 45.4 Å². The van der Waals surface area contributed by atoms with E-state index in [9.17, 15) is 26.7 Å². The summed E-state index contributed by atoms with van der Waals surface area (Å²) >= 11 is 1.61. The second-order valence-corrected chi connectivity index (χ2v) is 11.0. The van der Waals surface area contributed by atoms with Crippen molar-refractivity contribution in [2.75, 3.05) is 18.1 Å². The number of hydrogen-bond acceptors (Lipinski definition) is 7. The smallest absolute Gasteiger partial charge is 0.406 e. The molecule has 36 heavy (non-hydrogen) atoms. The van der Waals surface area contributed by atoms with Gasteiger partial charge in [-0.15, -0.1) is 13.2 Å². The molecule has 0 unspecified atom stereocenters. The first-order valence-electron chi connectivity index (χ1n) is 10.9. The van der Waals surface area contributed by atoms with Gasteiger partial charge in [0.05, 0.1) is 47.7 Å². The lowest BCUT2D eigenvalue weighted by Gasteiger charge is -2.44. The van der Waals surface area contributed by atoms with Gasteiger partial charge in [0, 0.05) is 9.79 Å². The molecular formula is C24H21F3N2O5S2. The summed E-state index contributed by atoms with van der Waals surface area (Å²) in [5.41, 5.74) is 1.75. The van der Waals surface area contributed by atoms with Crippen molar-refractivity contribution >= 4 is 33.2 Å². The monoisotopic (exact) mass is 538 g/mol. The number of rotatable bonds is 5. The van der Waals surface area contributed by atoms with E-state index >= 15 is 0 Å². The quantitative estimate of drug-likeness (QED) is 0.501. The molecule has 2 aliphatic heterocycles. The van der Waals surface area contributed by atoms with Crippen molar-refractivity contribution in [2.24, 2.45) is 0 Å². The molecule has 2 aliphatic rings. The predicted octanol–water partition coefficient (Wildman–Crippen LogP) is 4.29. The van der Waals surface area contributed by atoms with Gasteiger partial charge < -0.3 is 19.5 Å². The molecule has 2 heterocycles. The number of aliphatic hydroxyl groups is 1. The van der Waals surface area contributed by atoms with Crippen LogP contribution in [-0.2, 0) is 14.8 Å². The Morgan fingerprint density at radius 3 is 2.11 bits per heavy atom. The van der Waals surface area contributed by atoms with Gasteiger partial charge >= 0.3 is 6.36 Å². The van der Waals surface area contributed by atoms with E-state index in [1.165, 1.54) is 0 Å². The van der Waals surface area contributed by atoms with E-state index in [0.29, 0.717) is 0 Å². The molecule has 0 bridgehead atoms. The minimum absolute atomic E-state index is 0.0714. The lowest BCUT2D eigenvalue weighted by molar-refractivity contribution is -0.274. The van der Waals surface area contributed by atoms with Gasteiger partial charge in [-0.25, -0.2) is 13.1 Å². The summed E-state index contributed by atoms with van der Waals surface area (Å²) in [4.78, 5) is 3.69. The predicted molar refractivity (Wildman–Crippen MR) is 127 cm³/mol. The number of anilines is 2. The number of nitrogens with zero attached hydrogens (tertiary/aromatic N) is 1. The Balaban J connectivity index is 1.39.